The first kappa shape index (κ1) is 12.9. The second-order valence-corrected chi connectivity index (χ2v) is 5.59. The molecule has 1 heterocycles. The van der Waals surface area contributed by atoms with E-state index in [9.17, 15) is 0 Å². The van der Waals surface area contributed by atoms with E-state index < -0.39 is 0 Å². The van der Waals surface area contributed by atoms with E-state index >= 15 is 0 Å². The van der Waals surface area contributed by atoms with Crippen molar-refractivity contribution in [2.45, 2.75) is 6.92 Å². The van der Waals surface area contributed by atoms with Crippen LogP contribution in [0.15, 0.2) is 53.3 Å². The highest BCUT2D eigenvalue weighted by Gasteiger charge is 2.06. The molecule has 0 spiro atoms. The minimum absolute atomic E-state index is 0.738. The van der Waals surface area contributed by atoms with E-state index in [2.05, 4.69) is 45.3 Å². The average Bonchev–Trinajstić information content (AvgIpc) is 2.46. The smallest absolute Gasteiger partial charge is 0.0531 e. The van der Waals surface area contributed by atoms with Gasteiger partial charge in [-0.3, -0.25) is 4.98 Å². The Morgan fingerprint density at radius 2 is 1.90 bits per heavy atom. The third kappa shape index (κ3) is 2.34. The van der Waals surface area contributed by atoms with Crippen LogP contribution < -0.4 is 11.1 Å². The van der Waals surface area contributed by atoms with Crippen molar-refractivity contribution in [1.29, 1.82) is 0 Å². The van der Waals surface area contributed by atoms with Crippen LogP contribution in [-0.2, 0) is 0 Å². The Kier molecular flexibility index (Phi) is 3.32. The number of aryl methyl sites for hydroxylation is 1. The SMILES string of the molecule is Cc1ccc(Br)c(Nc2ccc(N)c3cnccc23)c1. The molecule has 0 aliphatic rings. The Hall–Kier alpha value is -2.07. The summed E-state index contributed by atoms with van der Waals surface area (Å²) in [5.41, 5.74) is 9.99. The molecule has 0 atom stereocenters. The van der Waals surface area contributed by atoms with Gasteiger partial charge in [0.25, 0.3) is 0 Å². The predicted octanol–water partition coefficient (Wildman–Crippen LogP) is 4.63. The lowest BCUT2D eigenvalue weighted by atomic mass is 10.1. The Bertz CT molecular complexity index is 784. The van der Waals surface area contributed by atoms with Crippen LogP contribution in [0.1, 0.15) is 5.56 Å². The fraction of sp³-hybridized carbons (Fsp3) is 0.0625. The zero-order valence-electron chi connectivity index (χ0n) is 11.0. The predicted molar refractivity (Wildman–Crippen MR) is 88.3 cm³/mol. The first-order valence-corrected chi connectivity index (χ1v) is 7.10. The lowest BCUT2D eigenvalue weighted by Gasteiger charge is -2.13. The van der Waals surface area contributed by atoms with Gasteiger partial charge in [0.2, 0.25) is 0 Å². The average molecular weight is 328 g/mol. The quantitative estimate of drug-likeness (QED) is 0.674. The molecule has 3 rings (SSSR count). The number of hydrogen-bond acceptors (Lipinski definition) is 3. The standard InChI is InChI=1S/C16H14BrN3/c1-10-2-3-13(17)16(8-10)20-15-5-4-14(18)12-9-19-7-6-11(12)15/h2-9,20H,18H2,1H3. The van der Waals surface area contributed by atoms with Gasteiger partial charge in [0.05, 0.1) is 5.69 Å². The first-order valence-electron chi connectivity index (χ1n) is 6.30. The summed E-state index contributed by atoms with van der Waals surface area (Å²) in [6, 6.07) is 12.1. The van der Waals surface area contributed by atoms with Crippen molar-refractivity contribution in [3.05, 3.63) is 58.8 Å². The van der Waals surface area contributed by atoms with Gasteiger partial charge in [-0.1, -0.05) is 6.07 Å². The van der Waals surface area contributed by atoms with Gasteiger partial charge < -0.3 is 11.1 Å². The number of aromatic nitrogens is 1. The zero-order chi connectivity index (χ0) is 14.1. The molecule has 0 aliphatic carbocycles. The zero-order valence-corrected chi connectivity index (χ0v) is 12.6. The van der Waals surface area contributed by atoms with Crippen LogP contribution in [0.25, 0.3) is 10.8 Å². The molecule has 3 N–H and O–H groups in total. The third-order valence-electron chi connectivity index (χ3n) is 3.24. The summed E-state index contributed by atoms with van der Waals surface area (Å²) in [5.74, 6) is 0. The van der Waals surface area contributed by atoms with E-state index in [1.807, 2.05) is 24.3 Å². The molecule has 0 saturated heterocycles. The number of hydrogen-bond donors (Lipinski definition) is 2. The molecule has 3 nitrogen and oxygen atoms in total. The van der Waals surface area contributed by atoms with Crippen molar-refractivity contribution in [2.24, 2.45) is 0 Å². The Balaban J connectivity index is 2.11. The van der Waals surface area contributed by atoms with Gasteiger partial charge in [-0.25, -0.2) is 0 Å². The maximum Gasteiger partial charge on any atom is 0.0531 e. The van der Waals surface area contributed by atoms with Crippen molar-refractivity contribution in [1.82, 2.24) is 4.98 Å². The fourth-order valence-corrected chi connectivity index (χ4v) is 2.55. The molecule has 0 radical (unpaired) electrons. The van der Waals surface area contributed by atoms with Crippen LogP contribution >= 0.6 is 15.9 Å². The topological polar surface area (TPSA) is 50.9 Å². The summed E-state index contributed by atoms with van der Waals surface area (Å²) in [7, 11) is 0. The van der Waals surface area contributed by atoms with Crippen molar-refractivity contribution in [3.63, 3.8) is 0 Å². The maximum atomic E-state index is 6.00. The summed E-state index contributed by atoms with van der Waals surface area (Å²) >= 11 is 3.57. The second kappa shape index (κ2) is 5.13. The summed E-state index contributed by atoms with van der Waals surface area (Å²) in [5, 5.41) is 5.48. The maximum absolute atomic E-state index is 6.00. The van der Waals surface area contributed by atoms with Crippen LogP contribution in [0.2, 0.25) is 0 Å². The van der Waals surface area contributed by atoms with E-state index in [1.165, 1.54) is 5.56 Å². The Labute approximate surface area is 126 Å². The highest BCUT2D eigenvalue weighted by atomic mass is 79.9. The third-order valence-corrected chi connectivity index (χ3v) is 3.93. The number of halogens is 1. The lowest BCUT2D eigenvalue weighted by molar-refractivity contribution is 1.36. The van der Waals surface area contributed by atoms with Crippen LogP contribution in [0.4, 0.5) is 17.1 Å². The summed E-state index contributed by atoms with van der Waals surface area (Å²) in [6.45, 7) is 2.07. The molecule has 0 fully saturated rings. The number of nitrogens with zero attached hydrogens (tertiary/aromatic N) is 1. The number of nitrogens with two attached hydrogens (primary N) is 1. The molecule has 3 aromatic rings. The van der Waals surface area contributed by atoms with Gasteiger partial charge in [-0.2, -0.15) is 0 Å². The summed E-state index contributed by atoms with van der Waals surface area (Å²) in [6.07, 6.45) is 3.57. The lowest BCUT2D eigenvalue weighted by Crippen LogP contribution is -1.95. The normalized spacial score (nSPS) is 10.7. The number of nitrogen functional groups attached to an aromatic ring is 1. The minimum Gasteiger partial charge on any atom is -0.398 e. The molecule has 20 heavy (non-hydrogen) atoms. The van der Waals surface area contributed by atoms with Crippen molar-refractivity contribution in [3.8, 4) is 0 Å². The minimum atomic E-state index is 0.738. The molecule has 1 aromatic heterocycles. The molecule has 4 heteroatoms. The van der Waals surface area contributed by atoms with Crippen LogP contribution in [0.5, 0.6) is 0 Å². The molecular weight excluding hydrogens is 314 g/mol. The number of pyridine rings is 1. The number of anilines is 3. The van der Waals surface area contributed by atoms with Crippen LogP contribution in [0, 0.1) is 6.92 Å². The van der Waals surface area contributed by atoms with Gasteiger partial charge in [-0.05, 0) is 58.7 Å². The highest BCUT2D eigenvalue weighted by Crippen LogP contribution is 2.32. The summed E-state index contributed by atoms with van der Waals surface area (Å²) < 4.78 is 1.03. The Morgan fingerprint density at radius 1 is 1.05 bits per heavy atom. The number of fused-ring (bicyclic) bond motifs is 1. The molecule has 2 aromatic carbocycles. The first-order chi connectivity index (χ1) is 9.65. The van der Waals surface area contributed by atoms with Crippen molar-refractivity contribution >= 4 is 43.8 Å². The number of nitrogens with one attached hydrogen (secondary N) is 1. The summed E-state index contributed by atoms with van der Waals surface area (Å²) in [4.78, 5) is 4.14. The molecule has 0 aliphatic heterocycles. The van der Waals surface area contributed by atoms with E-state index in [4.69, 9.17) is 5.73 Å². The van der Waals surface area contributed by atoms with Crippen LogP contribution in [0.3, 0.4) is 0 Å². The molecule has 0 amide bonds. The molecule has 0 bridgehead atoms. The van der Waals surface area contributed by atoms with E-state index in [0.717, 1.165) is 32.3 Å². The van der Waals surface area contributed by atoms with Gasteiger partial charge in [0, 0.05) is 39.0 Å². The van der Waals surface area contributed by atoms with E-state index in [-0.39, 0.29) is 0 Å². The number of rotatable bonds is 2. The van der Waals surface area contributed by atoms with E-state index in [1.54, 1.807) is 12.4 Å². The van der Waals surface area contributed by atoms with Crippen molar-refractivity contribution in [2.75, 3.05) is 11.1 Å². The number of benzene rings is 2. The van der Waals surface area contributed by atoms with Gasteiger partial charge in [-0.15, -0.1) is 0 Å². The molecular formula is C16H14BrN3. The fourth-order valence-electron chi connectivity index (χ4n) is 2.20. The second-order valence-electron chi connectivity index (χ2n) is 4.73. The van der Waals surface area contributed by atoms with Crippen molar-refractivity contribution < 1.29 is 0 Å². The van der Waals surface area contributed by atoms with Gasteiger partial charge in [0.1, 0.15) is 0 Å². The Morgan fingerprint density at radius 3 is 2.75 bits per heavy atom. The van der Waals surface area contributed by atoms with Gasteiger partial charge >= 0.3 is 0 Å². The largest absolute Gasteiger partial charge is 0.398 e. The highest BCUT2D eigenvalue weighted by molar-refractivity contribution is 9.10. The monoisotopic (exact) mass is 327 g/mol. The molecule has 0 unspecified atom stereocenters. The van der Waals surface area contributed by atoms with Gasteiger partial charge in [0.15, 0.2) is 0 Å². The molecule has 0 saturated carbocycles. The van der Waals surface area contributed by atoms with E-state index in [0.29, 0.717) is 0 Å². The molecule has 100 valence electrons. The van der Waals surface area contributed by atoms with Crippen LogP contribution in [-0.4, -0.2) is 4.98 Å².